The molecule has 0 radical (unpaired) electrons. The summed E-state index contributed by atoms with van der Waals surface area (Å²) in [6.07, 6.45) is 0. The summed E-state index contributed by atoms with van der Waals surface area (Å²) in [5.41, 5.74) is 2.06. The number of aromatic nitrogens is 1. The topological polar surface area (TPSA) is 64.8 Å². The average Bonchev–Trinajstić information content (AvgIpc) is 3.20. The van der Waals surface area contributed by atoms with Crippen LogP contribution in [0.15, 0.2) is 59.1 Å². The molecule has 0 aliphatic heterocycles. The van der Waals surface area contributed by atoms with Gasteiger partial charge in [0, 0.05) is 18.2 Å². The third kappa shape index (κ3) is 4.11. The number of ether oxygens (including phenoxy) is 2. The molecular weight excluding hydrogens is 344 g/mol. The number of carbonyl (C=O) groups is 1. The number of rotatable bonds is 7. The van der Waals surface area contributed by atoms with Gasteiger partial charge in [-0.3, -0.25) is 4.79 Å². The van der Waals surface area contributed by atoms with Crippen LogP contribution in [0, 0.1) is 0 Å². The van der Waals surface area contributed by atoms with E-state index in [0.717, 1.165) is 5.56 Å². The summed E-state index contributed by atoms with van der Waals surface area (Å²) in [7, 11) is 3.20. The largest absolute Gasteiger partial charge is 0.497 e. The molecule has 0 fully saturated rings. The van der Waals surface area contributed by atoms with E-state index in [1.54, 1.807) is 31.3 Å². The van der Waals surface area contributed by atoms with Gasteiger partial charge < -0.3 is 18.9 Å². The van der Waals surface area contributed by atoms with Crippen molar-refractivity contribution in [1.29, 1.82) is 0 Å². The number of methoxy groups -OCH3 is 2. The molecule has 0 saturated heterocycles. The van der Waals surface area contributed by atoms with Gasteiger partial charge in [-0.15, -0.1) is 0 Å². The number of amides is 1. The van der Waals surface area contributed by atoms with Crippen LogP contribution in [0.5, 0.6) is 11.5 Å². The Hall–Kier alpha value is -3.28. The van der Waals surface area contributed by atoms with E-state index in [2.05, 4.69) is 5.16 Å². The number of carbonyl (C=O) groups excluding carboxylic acids is 1. The standard InChI is InChI=1S/C21H22N2O4/c1-4-23(21(24)15-8-6-5-7-9-15)14-16-12-20(27-22-16)18-13-17(25-2)10-11-19(18)26-3/h5-13H,4,14H2,1-3H3. The summed E-state index contributed by atoms with van der Waals surface area (Å²) in [4.78, 5) is 14.4. The van der Waals surface area contributed by atoms with Crippen molar-refractivity contribution in [2.75, 3.05) is 20.8 Å². The van der Waals surface area contributed by atoms with Gasteiger partial charge in [0.1, 0.15) is 17.2 Å². The molecule has 0 bridgehead atoms. The predicted octanol–water partition coefficient (Wildman–Crippen LogP) is 4.02. The summed E-state index contributed by atoms with van der Waals surface area (Å²) in [6.45, 7) is 2.87. The van der Waals surface area contributed by atoms with Gasteiger partial charge in [0.15, 0.2) is 5.76 Å². The number of nitrogens with zero attached hydrogens (tertiary/aromatic N) is 2. The van der Waals surface area contributed by atoms with Crippen LogP contribution in [0.4, 0.5) is 0 Å². The summed E-state index contributed by atoms with van der Waals surface area (Å²) < 4.78 is 16.2. The lowest BCUT2D eigenvalue weighted by atomic mass is 10.1. The second-order valence-corrected chi connectivity index (χ2v) is 5.93. The molecule has 3 aromatic rings. The van der Waals surface area contributed by atoms with Crippen LogP contribution in [-0.2, 0) is 6.54 Å². The van der Waals surface area contributed by atoms with Gasteiger partial charge >= 0.3 is 0 Å². The molecule has 0 spiro atoms. The minimum atomic E-state index is -0.0402. The first-order valence-corrected chi connectivity index (χ1v) is 8.68. The van der Waals surface area contributed by atoms with Gasteiger partial charge in [0.2, 0.25) is 0 Å². The van der Waals surface area contributed by atoms with Crippen LogP contribution in [0.1, 0.15) is 23.0 Å². The lowest BCUT2D eigenvalue weighted by Gasteiger charge is -2.19. The van der Waals surface area contributed by atoms with Gasteiger partial charge in [-0.05, 0) is 37.3 Å². The average molecular weight is 366 g/mol. The summed E-state index contributed by atoms with van der Waals surface area (Å²) in [6, 6.07) is 16.5. The van der Waals surface area contributed by atoms with Crippen LogP contribution >= 0.6 is 0 Å². The first kappa shape index (κ1) is 18.5. The molecule has 27 heavy (non-hydrogen) atoms. The lowest BCUT2D eigenvalue weighted by molar-refractivity contribution is 0.0749. The highest BCUT2D eigenvalue weighted by atomic mass is 16.5. The first-order chi connectivity index (χ1) is 13.2. The normalized spacial score (nSPS) is 10.5. The molecule has 0 saturated carbocycles. The van der Waals surface area contributed by atoms with Crippen molar-refractivity contribution in [3.63, 3.8) is 0 Å². The Morgan fingerprint density at radius 1 is 1.07 bits per heavy atom. The second kappa shape index (κ2) is 8.40. The van der Waals surface area contributed by atoms with E-state index in [0.29, 0.717) is 41.6 Å². The van der Waals surface area contributed by atoms with Crippen molar-refractivity contribution in [1.82, 2.24) is 10.1 Å². The lowest BCUT2D eigenvalue weighted by Crippen LogP contribution is -2.30. The van der Waals surface area contributed by atoms with Crippen molar-refractivity contribution in [2.45, 2.75) is 13.5 Å². The molecule has 0 N–H and O–H groups in total. The molecule has 3 rings (SSSR count). The van der Waals surface area contributed by atoms with Crippen molar-refractivity contribution in [2.24, 2.45) is 0 Å². The Bertz CT molecular complexity index is 906. The smallest absolute Gasteiger partial charge is 0.254 e. The molecule has 6 nitrogen and oxygen atoms in total. The molecule has 1 aromatic heterocycles. The van der Waals surface area contributed by atoms with Crippen molar-refractivity contribution in [3.05, 3.63) is 65.9 Å². The zero-order valence-electron chi connectivity index (χ0n) is 15.6. The van der Waals surface area contributed by atoms with Gasteiger partial charge in [-0.2, -0.15) is 0 Å². The van der Waals surface area contributed by atoms with Crippen LogP contribution in [-0.4, -0.2) is 36.7 Å². The maximum absolute atomic E-state index is 12.7. The van der Waals surface area contributed by atoms with Crippen LogP contribution < -0.4 is 9.47 Å². The van der Waals surface area contributed by atoms with E-state index in [1.165, 1.54) is 0 Å². The van der Waals surface area contributed by atoms with Gasteiger partial charge in [0.25, 0.3) is 5.91 Å². The minimum Gasteiger partial charge on any atom is -0.497 e. The van der Waals surface area contributed by atoms with E-state index in [1.807, 2.05) is 49.4 Å². The SMILES string of the molecule is CCN(Cc1cc(-c2cc(OC)ccc2OC)on1)C(=O)c1ccccc1. The fourth-order valence-corrected chi connectivity index (χ4v) is 2.81. The third-order valence-corrected chi connectivity index (χ3v) is 4.27. The second-order valence-electron chi connectivity index (χ2n) is 5.93. The fraction of sp³-hybridized carbons (Fsp3) is 0.238. The Morgan fingerprint density at radius 2 is 1.85 bits per heavy atom. The summed E-state index contributed by atoms with van der Waals surface area (Å²) >= 11 is 0. The van der Waals surface area contributed by atoms with E-state index in [9.17, 15) is 4.79 Å². The Balaban J connectivity index is 1.82. The highest BCUT2D eigenvalue weighted by Gasteiger charge is 2.18. The quantitative estimate of drug-likeness (QED) is 0.632. The van der Waals surface area contributed by atoms with Crippen LogP contribution in [0.25, 0.3) is 11.3 Å². The summed E-state index contributed by atoms with van der Waals surface area (Å²) in [5.74, 6) is 1.87. The van der Waals surface area contributed by atoms with Crippen molar-refractivity contribution in [3.8, 4) is 22.8 Å². The fourth-order valence-electron chi connectivity index (χ4n) is 2.81. The molecular formula is C21H22N2O4. The summed E-state index contributed by atoms with van der Waals surface area (Å²) in [5, 5.41) is 4.12. The van der Waals surface area contributed by atoms with Gasteiger partial charge in [-0.25, -0.2) is 0 Å². The molecule has 1 amide bonds. The zero-order chi connectivity index (χ0) is 19.2. The highest BCUT2D eigenvalue weighted by molar-refractivity contribution is 5.94. The van der Waals surface area contributed by atoms with Crippen LogP contribution in [0.3, 0.4) is 0 Å². The Kier molecular flexibility index (Phi) is 5.76. The van der Waals surface area contributed by atoms with Gasteiger partial charge in [-0.1, -0.05) is 23.4 Å². The molecule has 0 unspecified atom stereocenters. The van der Waals surface area contributed by atoms with E-state index >= 15 is 0 Å². The Morgan fingerprint density at radius 3 is 2.52 bits per heavy atom. The van der Waals surface area contributed by atoms with Crippen LogP contribution in [0.2, 0.25) is 0 Å². The van der Waals surface area contributed by atoms with Crippen molar-refractivity contribution >= 4 is 5.91 Å². The monoisotopic (exact) mass is 366 g/mol. The molecule has 0 aliphatic carbocycles. The van der Waals surface area contributed by atoms with Crippen molar-refractivity contribution < 1.29 is 18.8 Å². The Labute approximate surface area is 158 Å². The molecule has 140 valence electrons. The molecule has 0 atom stereocenters. The van der Waals surface area contributed by atoms with E-state index in [4.69, 9.17) is 14.0 Å². The number of hydrogen-bond donors (Lipinski definition) is 0. The highest BCUT2D eigenvalue weighted by Crippen LogP contribution is 2.33. The van der Waals surface area contributed by atoms with E-state index < -0.39 is 0 Å². The molecule has 6 heteroatoms. The number of benzene rings is 2. The zero-order valence-corrected chi connectivity index (χ0v) is 15.6. The molecule has 0 aliphatic rings. The maximum Gasteiger partial charge on any atom is 0.254 e. The third-order valence-electron chi connectivity index (χ3n) is 4.27. The van der Waals surface area contributed by atoms with Gasteiger partial charge in [0.05, 0.1) is 26.3 Å². The van der Waals surface area contributed by atoms with E-state index in [-0.39, 0.29) is 5.91 Å². The molecule has 1 heterocycles. The predicted molar refractivity (Wildman–Crippen MR) is 102 cm³/mol. The number of hydrogen-bond acceptors (Lipinski definition) is 5. The first-order valence-electron chi connectivity index (χ1n) is 8.68. The molecule has 2 aromatic carbocycles. The minimum absolute atomic E-state index is 0.0402. The maximum atomic E-state index is 12.7.